The number of hydrogen-bond acceptors (Lipinski definition) is 5. The first-order valence-corrected chi connectivity index (χ1v) is 9.68. The molecule has 1 unspecified atom stereocenters. The molecule has 2 amide bonds. The SMILES string of the molecule is NC(=O)C1(c2nc3ccccc3[nH]2)NCN=C1C(=O)Nc1ccccc1-n1cccc1. The third kappa shape index (κ3) is 2.99. The highest BCUT2D eigenvalue weighted by Crippen LogP contribution is 2.28. The lowest BCUT2D eigenvalue weighted by molar-refractivity contribution is -0.123. The van der Waals surface area contributed by atoms with Crippen LogP contribution < -0.4 is 16.4 Å². The number of hydrogen-bond donors (Lipinski definition) is 4. The third-order valence-electron chi connectivity index (χ3n) is 5.30. The van der Waals surface area contributed by atoms with Crippen molar-refractivity contribution in [1.82, 2.24) is 19.9 Å². The Hall–Kier alpha value is -4.24. The van der Waals surface area contributed by atoms with E-state index in [1.165, 1.54) is 0 Å². The zero-order chi connectivity index (χ0) is 21.4. The van der Waals surface area contributed by atoms with E-state index in [1.54, 1.807) is 6.07 Å². The van der Waals surface area contributed by atoms with Crippen LogP contribution in [0.3, 0.4) is 0 Å². The van der Waals surface area contributed by atoms with Crippen molar-refractivity contribution in [3.05, 3.63) is 78.9 Å². The van der Waals surface area contributed by atoms with Crippen molar-refractivity contribution >= 4 is 34.2 Å². The van der Waals surface area contributed by atoms with Crippen LogP contribution in [-0.4, -0.2) is 38.7 Å². The van der Waals surface area contributed by atoms with Gasteiger partial charge in [0, 0.05) is 12.4 Å². The number of fused-ring (bicyclic) bond motifs is 1. The monoisotopic (exact) mass is 413 g/mol. The van der Waals surface area contributed by atoms with Gasteiger partial charge in [-0.1, -0.05) is 24.3 Å². The minimum Gasteiger partial charge on any atom is -0.367 e. The molecule has 31 heavy (non-hydrogen) atoms. The Bertz CT molecular complexity index is 1290. The van der Waals surface area contributed by atoms with Crippen molar-refractivity contribution in [3.63, 3.8) is 0 Å². The van der Waals surface area contributed by atoms with E-state index >= 15 is 0 Å². The first kappa shape index (κ1) is 18.8. The molecule has 2 aromatic carbocycles. The molecule has 2 aromatic heterocycles. The smallest absolute Gasteiger partial charge is 0.272 e. The molecule has 1 aliphatic heterocycles. The van der Waals surface area contributed by atoms with Crippen LogP contribution in [0.4, 0.5) is 5.69 Å². The van der Waals surface area contributed by atoms with Crippen molar-refractivity contribution in [1.29, 1.82) is 0 Å². The second-order valence-corrected chi connectivity index (χ2v) is 7.12. The van der Waals surface area contributed by atoms with Gasteiger partial charge in [-0.15, -0.1) is 0 Å². The number of aliphatic imine (C=N–C) groups is 1. The van der Waals surface area contributed by atoms with Crippen molar-refractivity contribution in [2.45, 2.75) is 5.54 Å². The molecule has 154 valence electrons. The maximum atomic E-state index is 13.3. The van der Waals surface area contributed by atoms with Gasteiger partial charge in [-0.05, 0) is 36.4 Å². The predicted octanol–water partition coefficient (Wildman–Crippen LogP) is 1.67. The van der Waals surface area contributed by atoms with E-state index in [0.29, 0.717) is 11.2 Å². The molecule has 0 saturated carbocycles. The molecule has 5 N–H and O–H groups in total. The zero-order valence-electron chi connectivity index (χ0n) is 16.4. The summed E-state index contributed by atoms with van der Waals surface area (Å²) in [6.45, 7) is 0.0575. The minimum absolute atomic E-state index is 0.0404. The number of benzene rings is 2. The average molecular weight is 413 g/mol. The van der Waals surface area contributed by atoms with E-state index in [0.717, 1.165) is 11.2 Å². The Kier molecular flexibility index (Phi) is 4.37. The van der Waals surface area contributed by atoms with Gasteiger partial charge in [0.05, 0.1) is 29.1 Å². The minimum atomic E-state index is -1.66. The zero-order valence-corrected chi connectivity index (χ0v) is 16.4. The van der Waals surface area contributed by atoms with Gasteiger partial charge >= 0.3 is 0 Å². The Morgan fingerprint density at radius 2 is 1.77 bits per heavy atom. The van der Waals surface area contributed by atoms with Crippen LogP contribution in [0, 0.1) is 0 Å². The topological polar surface area (TPSA) is 130 Å². The number of anilines is 1. The number of rotatable bonds is 5. The first-order chi connectivity index (χ1) is 15.1. The number of nitrogens with one attached hydrogen (secondary N) is 3. The summed E-state index contributed by atoms with van der Waals surface area (Å²) in [4.78, 5) is 37.8. The van der Waals surface area contributed by atoms with Crippen LogP contribution in [0.25, 0.3) is 16.7 Å². The molecule has 0 aliphatic carbocycles. The van der Waals surface area contributed by atoms with Gasteiger partial charge in [0.2, 0.25) is 5.54 Å². The third-order valence-corrected chi connectivity index (χ3v) is 5.30. The summed E-state index contributed by atoms with van der Waals surface area (Å²) in [7, 11) is 0. The molecule has 0 fully saturated rings. The Balaban J connectivity index is 1.54. The fraction of sp³-hybridized carbons (Fsp3) is 0.0909. The van der Waals surface area contributed by atoms with E-state index < -0.39 is 17.4 Å². The van der Waals surface area contributed by atoms with Crippen LogP contribution in [-0.2, 0) is 15.1 Å². The quantitative estimate of drug-likeness (QED) is 0.396. The summed E-state index contributed by atoms with van der Waals surface area (Å²) in [6, 6.07) is 18.5. The molecule has 0 bridgehead atoms. The Labute approximate surface area is 177 Å². The maximum absolute atomic E-state index is 13.3. The van der Waals surface area contributed by atoms with Crippen LogP contribution in [0.5, 0.6) is 0 Å². The number of H-pyrrole nitrogens is 1. The maximum Gasteiger partial charge on any atom is 0.272 e. The van der Waals surface area contributed by atoms with Gasteiger partial charge in [-0.3, -0.25) is 19.9 Å². The highest BCUT2D eigenvalue weighted by atomic mass is 16.2. The fourth-order valence-electron chi connectivity index (χ4n) is 3.81. The van der Waals surface area contributed by atoms with E-state index in [1.807, 2.05) is 71.6 Å². The number of aromatic nitrogens is 3. The summed E-state index contributed by atoms with van der Waals surface area (Å²) < 4.78 is 1.88. The van der Waals surface area contributed by atoms with Gasteiger partial charge in [-0.25, -0.2) is 4.98 Å². The van der Waals surface area contributed by atoms with Gasteiger partial charge in [0.15, 0.2) is 0 Å². The number of carbonyl (C=O) groups excluding carboxylic acids is 2. The van der Waals surface area contributed by atoms with Gasteiger partial charge < -0.3 is 20.6 Å². The second-order valence-electron chi connectivity index (χ2n) is 7.12. The van der Waals surface area contributed by atoms with Crippen molar-refractivity contribution in [2.75, 3.05) is 12.0 Å². The number of amides is 2. The van der Waals surface area contributed by atoms with Crippen LogP contribution >= 0.6 is 0 Å². The van der Waals surface area contributed by atoms with E-state index in [-0.39, 0.29) is 18.2 Å². The number of carbonyl (C=O) groups is 2. The first-order valence-electron chi connectivity index (χ1n) is 9.68. The standard InChI is InChI=1S/C22H19N7O2/c23-20(31)22(21-27-14-7-1-2-8-15(14)28-21)18(24-13-25-22)19(30)26-16-9-3-4-10-17(16)29-11-5-6-12-29/h1-12,25H,13H2,(H2,23,31)(H,26,30)(H,27,28). The molecule has 3 heterocycles. The lowest BCUT2D eigenvalue weighted by Crippen LogP contribution is -2.58. The molecule has 0 saturated heterocycles. The molecule has 9 nitrogen and oxygen atoms in total. The lowest BCUT2D eigenvalue weighted by atomic mass is 9.91. The van der Waals surface area contributed by atoms with Gasteiger partial charge in [-0.2, -0.15) is 0 Å². The molecular formula is C22H19N7O2. The van der Waals surface area contributed by atoms with Crippen molar-refractivity contribution < 1.29 is 9.59 Å². The second kappa shape index (κ2) is 7.22. The van der Waals surface area contributed by atoms with Gasteiger partial charge in [0.25, 0.3) is 11.8 Å². The Morgan fingerprint density at radius 3 is 2.55 bits per heavy atom. The number of aromatic amines is 1. The normalized spacial score (nSPS) is 18.1. The predicted molar refractivity (Wildman–Crippen MR) is 117 cm³/mol. The van der Waals surface area contributed by atoms with E-state index in [9.17, 15) is 9.59 Å². The highest BCUT2D eigenvalue weighted by molar-refractivity contribution is 6.50. The fourth-order valence-corrected chi connectivity index (χ4v) is 3.81. The molecule has 0 spiro atoms. The molecule has 1 atom stereocenters. The summed E-state index contributed by atoms with van der Waals surface area (Å²) >= 11 is 0. The molecule has 0 radical (unpaired) electrons. The molecule has 1 aliphatic rings. The highest BCUT2D eigenvalue weighted by Gasteiger charge is 2.52. The van der Waals surface area contributed by atoms with E-state index in [2.05, 4.69) is 25.6 Å². The van der Waals surface area contributed by atoms with Crippen LogP contribution in [0.1, 0.15) is 5.82 Å². The Morgan fingerprint density at radius 1 is 1.03 bits per heavy atom. The number of imidazole rings is 1. The summed E-state index contributed by atoms with van der Waals surface area (Å²) in [6.07, 6.45) is 3.75. The number of primary amides is 1. The molecule has 9 heteroatoms. The van der Waals surface area contributed by atoms with Gasteiger partial charge in [0.1, 0.15) is 11.5 Å². The summed E-state index contributed by atoms with van der Waals surface area (Å²) in [5, 5.41) is 5.84. The molecule has 4 aromatic rings. The number of nitrogens with two attached hydrogens (primary N) is 1. The number of nitrogens with zero attached hydrogens (tertiary/aromatic N) is 3. The molecular weight excluding hydrogens is 394 g/mol. The van der Waals surface area contributed by atoms with Crippen LogP contribution in [0.15, 0.2) is 78.0 Å². The van der Waals surface area contributed by atoms with Crippen LogP contribution in [0.2, 0.25) is 0 Å². The number of para-hydroxylation sites is 4. The van der Waals surface area contributed by atoms with E-state index in [4.69, 9.17) is 5.73 Å². The van der Waals surface area contributed by atoms with Crippen molar-refractivity contribution in [2.24, 2.45) is 10.7 Å². The molecule has 5 rings (SSSR count). The largest absolute Gasteiger partial charge is 0.367 e. The lowest BCUT2D eigenvalue weighted by Gasteiger charge is -2.25. The summed E-state index contributed by atoms with van der Waals surface area (Å²) in [5.74, 6) is -1.08. The summed E-state index contributed by atoms with van der Waals surface area (Å²) in [5.41, 5.74) is 6.82. The average Bonchev–Trinajstić information content (AvgIpc) is 3.53. The van der Waals surface area contributed by atoms with Crippen molar-refractivity contribution in [3.8, 4) is 5.69 Å².